The zero-order valence-corrected chi connectivity index (χ0v) is 15.1. The first-order chi connectivity index (χ1) is 10.5. The van der Waals surface area contributed by atoms with Gasteiger partial charge in [0, 0.05) is 17.1 Å². The number of benzene rings is 1. The number of hydrogen-bond acceptors (Lipinski definition) is 5. The minimum Gasteiger partial charge on any atom is -0.493 e. The third-order valence-corrected chi connectivity index (χ3v) is 6.15. The fourth-order valence-electron chi connectivity index (χ4n) is 2.48. The fourth-order valence-corrected chi connectivity index (χ4v) is 4.56. The minimum atomic E-state index is -3.59. The maximum Gasteiger partial charge on any atom is 0.241 e. The van der Waals surface area contributed by atoms with Gasteiger partial charge in [0.15, 0.2) is 11.5 Å². The van der Waals surface area contributed by atoms with E-state index in [1.54, 1.807) is 6.07 Å². The maximum atomic E-state index is 12.4. The largest absolute Gasteiger partial charge is 0.493 e. The van der Waals surface area contributed by atoms with Crippen LogP contribution in [0.4, 0.5) is 0 Å². The first-order valence-electron chi connectivity index (χ1n) is 7.10. The summed E-state index contributed by atoms with van der Waals surface area (Å²) in [6, 6.07) is 3.05. The minimum absolute atomic E-state index is 0.148. The van der Waals surface area contributed by atoms with Gasteiger partial charge in [-0.2, -0.15) is 0 Å². The van der Waals surface area contributed by atoms with Crippen LogP contribution in [0.2, 0.25) is 0 Å². The lowest BCUT2D eigenvalue weighted by atomic mass is 10.1. The molecule has 1 aromatic carbocycles. The molecule has 1 aromatic rings. The van der Waals surface area contributed by atoms with E-state index in [-0.39, 0.29) is 4.90 Å². The Morgan fingerprint density at radius 3 is 2.59 bits per heavy atom. The number of sulfonamides is 1. The van der Waals surface area contributed by atoms with Gasteiger partial charge in [-0.05, 0) is 53.8 Å². The highest BCUT2D eigenvalue weighted by atomic mass is 79.9. The first-order valence-corrected chi connectivity index (χ1v) is 9.37. The van der Waals surface area contributed by atoms with Gasteiger partial charge in [0.2, 0.25) is 10.0 Å². The van der Waals surface area contributed by atoms with Crippen molar-refractivity contribution in [2.75, 3.05) is 33.9 Å². The molecule has 0 spiro atoms. The molecule has 2 N–H and O–H groups in total. The SMILES string of the molecule is COc1cc(Br)c(S(=O)(=O)NCC[C@@H]2CCNC2)cc1OC. The Hall–Kier alpha value is -0.830. The Morgan fingerprint density at radius 2 is 2.00 bits per heavy atom. The van der Waals surface area contributed by atoms with Crippen LogP contribution in [0.1, 0.15) is 12.8 Å². The average molecular weight is 393 g/mol. The van der Waals surface area contributed by atoms with Crippen LogP contribution in [0.5, 0.6) is 11.5 Å². The van der Waals surface area contributed by atoms with E-state index in [4.69, 9.17) is 9.47 Å². The van der Waals surface area contributed by atoms with E-state index in [2.05, 4.69) is 26.0 Å². The number of methoxy groups -OCH3 is 2. The highest BCUT2D eigenvalue weighted by molar-refractivity contribution is 9.10. The van der Waals surface area contributed by atoms with E-state index >= 15 is 0 Å². The molecule has 1 heterocycles. The van der Waals surface area contributed by atoms with Gasteiger partial charge in [-0.3, -0.25) is 0 Å². The summed E-state index contributed by atoms with van der Waals surface area (Å²) in [5.41, 5.74) is 0. The van der Waals surface area contributed by atoms with Gasteiger partial charge in [-0.15, -0.1) is 0 Å². The molecule has 8 heteroatoms. The molecule has 1 fully saturated rings. The van der Waals surface area contributed by atoms with Gasteiger partial charge < -0.3 is 14.8 Å². The Balaban J connectivity index is 2.10. The van der Waals surface area contributed by atoms with Crippen molar-refractivity contribution in [2.45, 2.75) is 17.7 Å². The van der Waals surface area contributed by atoms with Gasteiger partial charge in [0.05, 0.1) is 14.2 Å². The fraction of sp³-hybridized carbons (Fsp3) is 0.571. The molecule has 0 radical (unpaired) electrons. The number of nitrogens with one attached hydrogen (secondary N) is 2. The van der Waals surface area contributed by atoms with Crippen molar-refractivity contribution < 1.29 is 17.9 Å². The highest BCUT2D eigenvalue weighted by Crippen LogP contribution is 2.35. The molecule has 0 aliphatic carbocycles. The zero-order valence-electron chi connectivity index (χ0n) is 12.7. The Kier molecular flexibility index (Phi) is 6.08. The smallest absolute Gasteiger partial charge is 0.241 e. The number of rotatable bonds is 7. The average Bonchev–Trinajstić information content (AvgIpc) is 2.99. The summed E-state index contributed by atoms with van der Waals surface area (Å²) in [6.45, 7) is 2.40. The standard InChI is InChI=1S/C14H21BrN2O4S/c1-20-12-7-11(15)14(8-13(12)21-2)22(18,19)17-6-4-10-3-5-16-9-10/h7-8,10,16-17H,3-6,9H2,1-2H3/t10-/m0/s1. The second-order valence-electron chi connectivity index (χ2n) is 5.18. The van der Waals surface area contributed by atoms with E-state index < -0.39 is 10.0 Å². The molecular formula is C14H21BrN2O4S. The molecule has 0 aromatic heterocycles. The van der Waals surface area contributed by atoms with Crippen LogP contribution in [-0.4, -0.2) is 42.3 Å². The van der Waals surface area contributed by atoms with Crippen LogP contribution in [0, 0.1) is 5.92 Å². The van der Waals surface area contributed by atoms with Crippen LogP contribution < -0.4 is 19.5 Å². The predicted octanol–water partition coefficient (Wildman–Crippen LogP) is 1.74. The molecule has 1 aliphatic heterocycles. The molecule has 1 saturated heterocycles. The van der Waals surface area contributed by atoms with Crippen molar-refractivity contribution in [1.29, 1.82) is 0 Å². The number of ether oxygens (including phenoxy) is 2. The van der Waals surface area contributed by atoms with Crippen molar-refractivity contribution in [2.24, 2.45) is 5.92 Å². The van der Waals surface area contributed by atoms with Crippen molar-refractivity contribution in [1.82, 2.24) is 10.0 Å². The van der Waals surface area contributed by atoms with E-state index in [1.165, 1.54) is 20.3 Å². The topological polar surface area (TPSA) is 76.7 Å². The normalized spacial score (nSPS) is 18.4. The Labute approximate surface area is 139 Å². The summed E-state index contributed by atoms with van der Waals surface area (Å²) < 4.78 is 38.3. The predicted molar refractivity (Wildman–Crippen MR) is 88.0 cm³/mol. The summed E-state index contributed by atoms with van der Waals surface area (Å²) in [7, 11) is -0.612. The quantitative estimate of drug-likeness (QED) is 0.738. The molecule has 1 atom stereocenters. The molecule has 22 heavy (non-hydrogen) atoms. The van der Waals surface area contributed by atoms with Gasteiger partial charge >= 0.3 is 0 Å². The van der Waals surface area contributed by atoms with Crippen molar-refractivity contribution in [3.05, 3.63) is 16.6 Å². The van der Waals surface area contributed by atoms with Crippen molar-refractivity contribution >= 4 is 26.0 Å². The van der Waals surface area contributed by atoms with Gasteiger partial charge in [-0.25, -0.2) is 13.1 Å². The number of hydrogen-bond donors (Lipinski definition) is 2. The van der Waals surface area contributed by atoms with E-state index in [1.807, 2.05) is 0 Å². The molecule has 2 rings (SSSR count). The van der Waals surface area contributed by atoms with E-state index in [0.717, 1.165) is 25.9 Å². The molecule has 0 unspecified atom stereocenters. The second-order valence-corrected chi connectivity index (χ2v) is 7.77. The van der Waals surface area contributed by atoms with Crippen LogP contribution in [0.25, 0.3) is 0 Å². The summed E-state index contributed by atoms with van der Waals surface area (Å²) in [4.78, 5) is 0.148. The monoisotopic (exact) mass is 392 g/mol. The molecule has 124 valence electrons. The van der Waals surface area contributed by atoms with Crippen LogP contribution in [0.15, 0.2) is 21.5 Å². The number of halogens is 1. The highest BCUT2D eigenvalue weighted by Gasteiger charge is 2.22. The third kappa shape index (κ3) is 4.13. The molecular weight excluding hydrogens is 372 g/mol. The lowest BCUT2D eigenvalue weighted by molar-refractivity contribution is 0.353. The second kappa shape index (κ2) is 7.63. The Morgan fingerprint density at radius 1 is 1.32 bits per heavy atom. The third-order valence-electron chi connectivity index (χ3n) is 3.73. The summed E-state index contributed by atoms with van der Waals surface area (Å²) in [5.74, 6) is 1.40. The van der Waals surface area contributed by atoms with E-state index in [9.17, 15) is 8.42 Å². The van der Waals surface area contributed by atoms with E-state index in [0.29, 0.717) is 28.4 Å². The Bertz CT molecular complexity index is 616. The van der Waals surface area contributed by atoms with Gasteiger partial charge in [-0.1, -0.05) is 0 Å². The molecule has 0 amide bonds. The molecule has 1 aliphatic rings. The summed E-state index contributed by atoms with van der Waals surface area (Å²) >= 11 is 3.28. The zero-order chi connectivity index (χ0) is 16.2. The molecule has 0 saturated carbocycles. The van der Waals surface area contributed by atoms with Crippen molar-refractivity contribution in [3.8, 4) is 11.5 Å². The maximum absolute atomic E-state index is 12.4. The van der Waals surface area contributed by atoms with Crippen molar-refractivity contribution in [3.63, 3.8) is 0 Å². The van der Waals surface area contributed by atoms with Gasteiger partial charge in [0.1, 0.15) is 4.90 Å². The van der Waals surface area contributed by atoms with Crippen LogP contribution >= 0.6 is 15.9 Å². The summed E-state index contributed by atoms with van der Waals surface area (Å²) in [6.07, 6.45) is 1.93. The van der Waals surface area contributed by atoms with Crippen LogP contribution in [0.3, 0.4) is 0 Å². The molecule has 0 bridgehead atoms. The lowest BCUT2D eigenvalue weighted by Gasteiger charge is -2.14. The first kappa shape index (κ1) is 17.5. The van der Waals surface area contributed by atoms with Gasteiger partial charge in [0.25, 0.3) is 0 Å². The molecule has 6 nitrogen and oxygen atoms in total. The summed E-state index contributed by atoms with van der Waals surface area (Å²) in [5, 5.41) is 3.27. The lowest BCUT2D eigenvalue weighted by Crippen LogP contribution is -2.27. The van der Waals surface area contributed by atoms with Crippen LogP contribution in [-0.2, 0) is 10.0 Å².